The van der Waals surface area contributed by atoms with E-state index in [2.05, 4.69) is 18.7 Å². The molecule has 1 fully saturated rings. The molecule has 0 aliphatic carbocycles. The van der Waals surface area contributed by atoms with Crippen LogP contribution in [0.15, 0.2) is 0 Å². The van der Waals surface area contributed by atoms with Crippen molar-refractivity contribution in [2.24, 2.45) is 5.92 Å². The van der Waals surface area contributed by atoms with Gasteiger partial charge in [0.25, 0.3) is 0 Å². The van der Waals surface area contributed by atoms with Crippen LogP contribution in [0.5, 0.6) is 0 Å². The van der Waals surface area contributed by atoms with Crippen molar-refractivity contribution in [2.75, 3.05) is 13.1 Å². The molecule has 0 aromatic heterocycles. The third-order valence-electron chi connectivity index (χ3n) is 3.58. The smallest absolute Gasteiger partial charge is 0.324 e. The normalized spacial score (nSPS) is 27.5. The molecule has 0 radical (unpaired) electrons. The molecular formula is C12H23NO2. The summed E-state index contributed by atoms with van der Waals surface area (Å²) in [6.45, 7) is 8.24. The lowest BCUT2D eigenvalue weighted by atomic mass is 9.92. The minimum absolute atomic E-state index is 0.561. The van der Waals surface area contributed by atoms with Crippen LogP contribution in [0.4, 0.5) is 0 Å². The largest absolute Gasteiger partial charge is 0.480 e. The minimum Gasteiger partial charge on any atom is -0.480 e. The van der Waals surface area contributed by atoms with E-state index in [4.69, 9.17) is 0 Å². The molecule has 15 heavy (non-hydrogen) atoms. The molecule has 1 N–H and O–H groups in total. The fraction of sp³-hybridized carbons (Fsp3) is 0.917. The number of carboxylic acid groups (broad SMARTS) is 1. The zero-order valence-electron chi connectivity index (χ0n) is 10.1. The van der Waals surface area contributed by atoms with Gasteiger partial charge < -0.3 is 5.11 Å². The molecule has 0 aromatic carbocycles. The molecule has 1 unspecified atom stereocenters. The molecule has 1 rings (SSSR count). The molecule has 0 amide bonds. The molecule has 0 spiro atoms. The van der Waals surface area contributed by atoms with Gasteiger partial charge in [0, 0.05) is 0 Å². The van der Waals surface area contributed by atoms with Gasteiger partial charge in [0.1, 0.15) is 5.54 Å². The maximum atomic E-state index is 11.4. The molecule has 3 heteroatoms. The van der Waals surface area contributed by atoms with Crippen molar-refractivity contribution < 1.29 is 9.90 Å². The third kappa shape index (κ3) is 2.51. The maximum absolute atomic E-state index is 11.4. The summed E-state index contributed by atoms with van der Waals surface area (Å²) in [5, 5.41) is 9.36. The summed E-state index contributed by atoms with van der Waals surface area (Å²) < 4.78 is 0. The molecule has 1 aliphatic heterocycles. The van der Waals surface area contributed by atoms with Gasteiger partial charge in [-0.25, -0.2) is 0 Å². The van der Waals surface area contributed by atoms with Crippen LogP contribution in [0.2, 0.25) is 0 Å². The summed E-state index contributed by atoms with van der Waals surface area (Å²) in [5.41, 5.74) is -0.561. The Morgan fingerprint density at radius 1 is 1.53 bits per heavy atom. The molecule has 1 atom stereocenters. The lowest BCUT2D eigenvalue weighted by Crippen LogP contribution is -2.50. The van der Waals surface area contributed by atoms with Crippen molar-refractivity contribution in [1.29, 1.82) is 0 Å². The van der Waals surface area contributed by atoms with E-state index in [0.717, 1.165) is 38.8 Å². The van der Waals surface area contributed by atoms with E-state index in [1.807, 2.05) is 6.92 Å². The topological polar surface area (TPSA) is 40.5 Å². The number of hydrogen-bond acceptors (Lipinski definition) is 2. The standard InChI is InChI=1S/C12H23NO2/c1-4-12(11(14)15)7-5-8-13(12)9-6-10(2)3/h10H,4-9H2,1-3H3,(H,14,15). The van der Waals surface area contributed by atoms with Crippen LogP contribution >= 0.6 is 0 Å². The Balaban J connectivity index is 2.65. The molecule has 1 heterocycles. The molecule has 3 nitrogen and oxygen atoms in total. The molecule has 0 saturated carbocycles. The number of hydrogen-bond donors (Lipinski definition) is 1. The number of rotatable bonds is 5. The van der Waals surface area contributed by atoms with Gasteiger partial charge in [0.2, 0.25) is 0 Å². The quantitative estimate of drug-likeness (QED) is 0.762. The van der Waals surface area contributed by atoms with E-state index in [0.29, 0.717) is 5.92 Å². The van der Waals surface area contributed by atoms with Gasteiger partial charge in [-0.15, -0.1) is 0 Å². The Morgan fingerprint density at radius 3 is 2.67 bits per heavy atom. The third-order valence-corrected chi connectivity index (χ3v) is 3.58. The van der Waals surface area contributed by atoms with Crippen LogP contribution in [0.25, 0.3) is 0 Å². The maximum Gasteiger partial charge on any atom is 0.324 e. The van der Waals surface area contributed by atoms with E-state index in [-0.39, 0.29) is 0 Å². The predicted octanol–water partition coefficient (Wildman–Crippen LogP) is 2.36. The van der Waals surface area contributed by atoms with Crippen molar-refractivity contribution in [3.8, 4) is 0 Å². The first-order valence-electron chi connectivity index (χ1n) is 6.01. The molecule has 0 bridgehead atoms. The van der Waals surface area contributed by atoms with Gasteiger partial charge in [0.05, 0.1) is 0 Å². The second kappa shape index (κ2) is 4.97. The second-order valence-electron chi connectivity index (χ2n) is 4.96. The Kier molecular flexibility index (Phi) is 4.14. The van der Waals surface area contributed by atoms with Crippen LogP contribution in [0.3, 0.4) is 0 Å². The Hall–Kier alpha value is -0.570. The molecule has 1 aliphatic rings. The Morgan fingerprint density at radius 2 is 2.20 bits per heavy atom. The number of carboxylic acids is 1. The van der Waals surface area contributed by atoms with Crippen molar-refractivity contribution in [3.05, 3.63) is 0 Å². The van der Waals surface area contributed by atoms with Gasteiger partial charge in [-0.1, -0.05) is 20.8 Å². The molecule has 1 saturated heterocycles. The van der Waals surface area contributed by atoms with E-state index >= 15 is 0 Å². The first kappa shape index (κ1) is 12.5. The van der Waals surface area contributed by atoms with E-state index in [1.165, 1.54) is 0 Å². The van der Waals surface area contributed by atoms with E-state index < -0.39 is 11.5 Å². The van der Waals surface area contributed by atoms with Crippen molar-refractivity contribution >= 4 is 5.97 Å². The first-order chi connectivity index (χ1) is 7.03. The molecular weight excluding hydrogens is 190 g/mol. The first-order valence-corrected chi connectivity index (χ1v) is 6.01. The number of likely N-dealkylation sites (tertiary alicyclic amines) is 1. The summed E-state index contributed by atoms with van der Waals surface area (Å²) in [4.78, 5) is 13.5. The van der Waals surface area contributed by atoms with Crippen molar-refractivity contribution in [1.82, 2.24) is 4.90 Å². The highest BCUT2D eigenvalue weighted by molar-refractivity contribution is 5.79. The highest BCUT2D eigenvalue weighted by Crippen LogP contribution is 2.33. The van der Waals surface area contributed by atoms with Crippen molar-refractivity contribution in [3.63, 3.8) is 0 Å². The van der Waals surface area contributed by atoms with Gasteiger partial charge in [-0.2, -0.15) is 0 Å². The number of aliphatic carboxylic acids is 1. The highest BCUT2D eigenvalue weighted by atomic mass is 16.4. The molecule has 0 aromatic rings. The fourth-order valence-corrected chi connectivity index (χ4v) is 2.47. The monoisotopic (exact) mass is 213 g/mol. The SMILES string of the molecule is CCC1(C(=O)O)CCCN1CCC(C)C. The zero-order chi connectivity index (χ0) is 11.5. The zero-order valence-corrected chi connectivity index (χ0v) is 10.1. The predicted molar refractivity (Wildman–Crippen MR) is 60.9 cm³/mol. The lowest BCUT2D eigenvalue weighted by Gasteiger charge is -2.34. The summed E-state index contributed by atoms with van der Waals surface area (Å²) in [6.07, 6.45) is 3.66. The van der Waals surface area contributed by atoms with E-state index in [9.17, 15) is 9.90 Å². The van der Waals surface area contributed by atoms with Gasteiger partial charge >= 0.3 is 5.97 Å². The summed E-state index contributed by atoms with van der Waals surface area (Å²) in [7, 11) is 0. The average Bonchev–Trinajstić information content (AvgIpc) is 2.58. The van der Waals surface area contributed by atoms with Crippen LogP contribution in [-0.2, 0) is 4.79 Å². The van der Waals surface area contributed by atoms with E-state index in [1.54, 1.807) is 0 Å². The Bertz CT molecular complexity index is 228. The average molecular weight is 213 g/mol. The van der Waals surface area contributed by atoms with Crippen molar-refractivity contribution in [2.45, 2.75) is 52.0 Å². The van der Waals surface area contributed by atoms with Gasteiger partial charge in [-0.3, -0.25) is 9.69 Å². The Labute approximate surface area is 92.5 Å². The van der Waals surface area contributed by atoms with Crippen LogP contribution in [0, 0.1) is 5.92 Å². The second-order valence-corrected chi connectivity index (χ2v) is 4.96. The highest BCUT2D eigenvalue weighted by Gasteiger charge is 2.45. The van der Waals surface area contributed by atoms with Gasteiger partial charge in [0.15, 0.2) is 0 Å². The van der Waals surface area contributed by atoms with Crippen LogP contribution in [-0.4, -0.2) is 34.6 Å². The van der Waals surface area contributed by atoms with Crippen LogP contribution in [0.1, 0.15) is 46.5 Å². The lowest BCUT2D eigenvalue weighted by molar-refractivity contribution is -0.150. The summed E-state index contributed by atoms with van der Waals surface area (Å²) in [6, 6.07) is 0. The number of nitrogens with zero attached hydrogens (tertiary/aromatic N) is 1. The summed E-state index contributed by atoms with van der Waals surface area (Å²) in [5.74, 6) is 0.0141. The van der Waals surface area contributed by atoms with Gasteiger partial charge in [-0.05, 0) is 44.7 Å². The summed E-state index contributed by atoms with van der Waals surface area (Å²) >= 11 is 0. The number of carbonyl (C=O) groups is 1. The fourth-order valence-electron chi connectivity index (χ4n) is 2.47. The minimum atomic E-state index is -0.633. The van der Waals surface area contributed by atoms with Crippen LogP contribution < -0.4 is 0 Å². The molecule has 88 valence electrons.